The van der Waals surface area contributed by atoms with Crippen LogP contribution in [-0.2, 0) is 10.3 Å². The second-order valence-electron chi connectivity index (χ2n) is 9.20. The van der Waals surface area contributed by atoms with E-state index in [1.165, 1.54) is 0 Å². The number of anilines is 1. The van der Waals surface area contributed by atoms with Crippen molar-refractivity contribution in [3.63, 3.8) is 0 Å². The Labute approximate surface area is 188 Å². The highest BCUT2D eigenvalue weighted by atomic mass is 16.2. The van der Waals surface area contributed by atoms with E-state index < -0.39 is 11.5 Å². The molecule has 160 valence electrons. The summed E-state index contributed by atoms with van der Waals surface area (Å²) in [7, 11) is 1.85. The zero-order valence-corrected chi connectivity index (χ0v) is 18.1. The van der Waals surface area contributed by atoms with Gasteiger partial charge in [-0.15, -0.1) is 0 Å². The molecule has 0 aromatic heterocycles. The highest BCUT2D eigenvalue weighted by Crippen LogP contribution is 2.62. The smallest absolute Gasteiger partial charge is 0.252 e. The van der Waals surface area contributed by atoms with Crippen molar-refractivity contribution in [2.75, 3.05) is 18.5 Å². The maximum atomic E-state index is 14.3. The molecule has 3 aliphatic heterocycles. The van der Waals surface area contributed by atoms with Gasteiger partial charge in [-0.25, -0.2) is 0 Å². The summed E-state index contributed by atoms with van der Waals surface area (Å²) in [6.45, 7) is 0.834. The number of amides is 1. The van der Waals surface area contributed by atoms with Crippen molar-refractivity contribution in [2.24, 2.45) is 5.92 Å². The van der Waals surface area contributed by atoms with Gasteiger partial charge in [-0.05, 0) is 31.0 Å². The predicted octanol–water partition coefficient (Wildman–Crippen LogP) is 4.62. The second kappa shape index (κ2) is 7.14. The second-order valence-corrected chi connectivity index (χ2v) is 9.20. The molecular weight excluding hydrogens is 396 g/mol. The first-order valence-corrected chi connectivity index (χ1v) is 11.4. The predicted molar refractivity (Wildman–Crippen MR) is 125 cm³/mol. The number of carbonyl (C=O) groups excluding carboxylic acids is 2. The van der Waals surface area contributed by atoms with E-state index in [0.717, 1.165) is 36.2 Å². The third kappa shape index (κ3) is 2.41. The molecule has 2 fully saturated rings. The zero-order chi connectivity index (χ0) is 21.9. The third-order valence-corrected chi connectivity index (χ3v) is 7.81. The maximum Gasteiger partial charge on any atom is 0.252 e. The zero-order valence-electron chi connectivity index (χ0n) is 18.1. The molecule has 0 aliphatic carbocycles. The molecule has 4 atom stereocenters. The van der Waals surface area contributed by atoms with Crippen molar-refractivity contribution >= 4 is 17.4 Å². The molecule has 3 aromatic carbocycles. The topological polar surface area (TPSA) is 40.6 Å². The number of fused-ring (bicyclic) bond motifs is 4. The van der Waals surface area contributed by atoms with E-state index >= 15 is 0 Å². The Bertz CT molecular complexity index is 1190. The van der Waals surface area contributed by atoms with Gasteiger partial charge in [0.2, 0.25) is 0 Å². The van der Waals surface area contributed by atoms with E-state index in [1.807, 2.05) is 73.8 Å². The molecular formula is C28H26N2O2. The van der Waals surface area contributed by atoms with Gasteiger partial charge in [0.15, 0.2) is 5.78 Å². The molecule has 4 unspecified atom stereocenters. The van der Waals surface area contributed by atoms with Crippen LogP contribution in [0.1, 0.15) is 40.2 Å². The van der Waals surface area contributed by atoms with Gasteiger partial charge in [-0.2, -0.15) is 0 Å². The first kappa shape index (κ1) is 19.4. The van der Waals surface area contributed by atoms with Gasteiger partial charge in [0.1, 0.15) is 5.54 Å². The van der Waals surface area contributed by atoms with Crippen LogP contribution in [0.5, 0.6) is 0 Å². The van der Waals surface area contributed by atoms with Crippen LogP contribution in [0.3, 0.4) is 0 Å². The van der Waals surface area contributed by atoms with Crippen LogP contribution in [0, 0.1) is 5.92 Å². The minimum atomic E-state index is -0.958. The number of para-hydroxylation sites is 1. The van der Waals surface area contributed by atoms with Gasteiger partial charge in [0, 0.05) is 35.8 Å². The lowest BCUT2D eigenvalue weighted by Gasteiger charge is -2.37. The molecule has 2 saturated heterocycles. The van der Waals surface area contributed by atoms with Gasteiger partial charge in [0.25, 0.3) is 5.91 Å². The molecule has 0 bridgehead atoms. The molecule has 3 aromatic rings. The van der Waals surface area contributed by atoms with Crippen molar-refractivity contribution in [3.8, 4) is 0 Å². The Kier molecular flexibility index (Phi) is 4.34. The van der Waals surface area contributed by atoms with E-state index in [-0.39, 0.29) is 23.7 Å². The van der Waals surface area contributed by atoms with E-state index in [4.69, 9.17) is 0 Å². The molecule has 1 spiro atoms. The first-order chi connectivity index (χ1) is 15.7. The van der Waals surface area contributed by atoms with Crippen molar-refractivity contribution in [2.45, 2.75) is 30.3 Å². The van der Waals surface area contributed by atoms with Crippen LogP contribution in [0.25, 0.3) is 0 Å². The Hall–Kier alpha value is -3.24. The van der Waals surface area contributed by atoms with Gasteiger partial charge in [-0.3, -0.25) is 14.5 Å². The monoisotopic (exact) mass is 422 g/mol. The summed E-state index contributed by atoms with van der Waals surface area (Å²) in [4.78, 5) is 32.6. The standard InChI is InChI=1S/C28H26N2O2/c1-29-22-16-9-8-15-21(22)28(27(29)32)25(26(31)20-13-6-3-7-14-20)24(19-11-4-2-5-12-19)23-17-10-18-30(23)28/h2-9,11-16,23-25H,10,17-18H2,1H3. The molecule has 3 heterocycles. The third-order valence-electron chi connectivity index (χ3n) is 7.81. The SMILES string of the molecule is CN1C(=O)C2(c3ccccc31)C(C(=O)c1ccccc1)C(c1ccccc1)C1CCCN12. The van der Waals surface area contributed by atoms with Crippen LogP contribution in [0.2, 0.25) is 0 Å². The summed E-state index contributed by atoms with van der Waals surface area (Å²) in [5, 5.41) is 0. The lowest BCUT2D eigenvalue weighted by molar-refractivity contribution is -0.129. The van der Waals surface area contributed by atoms with Gasteiger partial charge >= 0.3 is 0 Å². The summed E-state index contributed by atoms with van der Waals surface area (Å²) in [6.07, 6.45) is 2.04. The lowest BCUT2D eigenvalue weighted by atomic mass is 9.69. The number of rotatable bonds is 3. The lowest BCUT2D eigenvalue weighted by Crippen LogP contribution is -2.54. The maximum absolute atomic E-state index is 14.3. The van der Waals surface area contributed by atoms with Crippen LogP contribution in [0.15, 0.2) is 84.9 Å². The molecule has 0 radical (unpaired) electrons. The molecule has 3 aliphatic rings. The van der Waals surface area contributed by atoms with Crippen molar-refractivity contribution in [3.05, 3.63) is 102 Å². The number of nitrogens with zero attached hydrogens (tertiary/aromatic N) is 2. The number of benzene rings is 3. The Balaban J connectivity index is 1.64. The molecule has 0 N–H and O–H groups in total. The summed E-state index contributed by atoms with van der Waals surface area (Å²) in [6, 6.07) is 28.1. The summed E-state index contributed by atoms with van der Waals surface area (Å²) < 4.78 is 0. The number of likely N-dealkylation sites (N-methyl/N-ethyl adjacent to an activating group) is 1. The molecule has 4 heteroatoms. The van der Waals surface area contributed by atoms with E-state index in [1.54, 1.807) is 4.90 Å². The number of hydrogen-bond donors (Lipinski definition) is 0. The number of ketones is 1. The van der Waals surface area contributed by atoms with Crippen molar-refractivity contribution in [1.82, 2.24) is 4.90 Å². The Morgan fingerprint density at radius 1 is 0.906 bits per heavy atom. The van der Waals surface area contributed by atoms with Crippen LogP contribution in [-0.4, -0.2) is 36.2 Å². The minimum absolute atomic E-state index is 0.0262. The molecule has 32 heavy (non-hydrogen) atoms. The minimum Gasteiger partial charge on any atom is -0.313 e. The molecule has 0 saturated carbocycles. The number of carbonyl (C=O) groups is 2. The fourth-order valence-electron chi connectivity index (χ4n) is 6.64. The normalized spacial score (nSPS) is 28.8. The Morgan fingerprint density at radius 3 is 2.31 bits per heavy atom. The van der Waals surface area contributed by atoms with Crippen LogP contribution >= 0.6 is 0 Å². The quantitative estimate of drug-likeness (QED) is 0.579. The highest BCUT2D eigenvalue weighted by molar-refractivity contribution is 6.13. The first-order valence-electron chi connectivity index (χ1n) is 11.4. The summed E-state index contributed by atoms with van der Waals surface area (Å²) in [5.74, 6) is -0.420. The largest absolute Gasteiger partial charge is 0.313 e. The highest BCUT2D eigenvalue weighted by Gasteiger charge is 2.70. The van der Waals surface area contributed by atoms with Crippen LogP contribution in [0.4, 0.5) is 5.69 Å². The number of Topliss-reactive ketones (excluding diaryl/α,β-unsaturated/α-hetero) is 1. The fraction of sp³-hybridized carbons (Fsp3) is 0.286. The summed E-state index contributed by atoms with van der Waals surface area (Å²) >= 11 is 0. The van der Waals surface area contributed by atoms with E-state index in [0.29, 0.717) is 5.56 Å². The average Bonchev–Trinajstić information content (AvgIpc) is 3.49. The Morgan fingerprint density at radius 2 is 1.56 bits per heavy atom. The van der Waals surface area contributed by atoms with Crippen LogP contribution < -0.4 is 4.90 Å². The molecule has 1 amide bonds. The van der Waals surface area contributed by atoms with Gasteiger partial charge < -0.3 is 4.90 Å². The van der Waals surface area contributed by atoms with Gasteiger partial charge in [-0.1, -0.05) is 78.9 Å². The summed E-state index contributed by atoms with van der Waals surface area (Å²) in [5.41, 5.74) is 2.77. The van der Waals surface area contributed by atoms with Crippen molar-refractivity contribution < 1.29 is 9.59 Å². The van der Waals surface area contributed by atoms with E-state index in [9.17, 15) is 9.59 Å². The van der Waals surface area contributed by atoms with Gasteiger partial charge in [0.05, 0.1) is 5.92 Å². The van der Waals surface area contributed by atoms with Crippen molar-refractivity contribution in [1.29, 1.82) is 0 Å². The molecule has 4 nitrogen and oxygen atoms in total. The van der Waals surface area contributed by atoms with E-state index in [2.05, 4.69) is 23.1 Å². The molecule has 6 rings (SSSR count). The number of hydrogen-bond acceptors (Lipinski definition) is 3. The average molecular weight is 423 g/mol. The fourth-order valence-corrected chi connectivity index (χ4v) is 6.64.